The van der Waals surface area contributed by atoms with Gasteiger partial charge in [0.1, 0.15) is 12.4 Å². The summed E-state index contributed by atoms with van der Waals surface area (Å²) in [5.74, 6) is 0.650. The van der Waals surface area contributed by atoms with Crippen LogP contribution in [0.5, 0.6) is 5.75 Å². The number of halogens is 2. The predicted octanol–water partition coefficient (Wildman–Crippen LogP) is 3.67. The van der Waals surface area contributed by atoms with E-state index in [1.165, 1.54) is 0 Å². The molecule has 0 aliphatic heterocycles. The van der Waals surface area contributed by atoms with E-state index in [1.807, 2.05) is 36.7 Å². The predicted molar refractivity (Wildman–Crippen MR) is 84.0 cm³/mol. The molecule has 2 aromatic rings. The van der Waals surface area contributed by atoms with E-state index >= 15 is 0 Å². The average molecular weight is 359 g/mol. The zero-order chi connectivity index (χ0) is 14.7. The van der Waals surface area contributed by atoms with Crippen molar-refractivity contribution in [1.29, 1.82) is 0 Å². The molecule has 0 saturated carbocycles. The van der Waals surface area contributed by atoms with Gasteiger partial charge in [-0.05, 0) is 47.5 Å². The smallest absolute Gasteiger partial charge is 0.138 e. The molecule has 0 bridgehead atoms. The quantitative estimate of drug-likeness (QED) is 0.887. The fraction of sp³-hybridized carbons (Fsp3) is 0.357. The number of benzene rings is 1. The van der Waals surface area contributed by atoms with Gasteiger partial charge in [0.15, 0.2) is 0 Å². The molecule has 0 saturated heterocycles. The van der Waals surface area contributed by atoms with Gasteiger partial charge in [-0.15, -0.1) is 0 Å². The van der Waals surface area contributed by atoms with Crippen molar-refractivity contribution in [3.8, 4) is 5.75 Å². The molecule has 6 heteroatoms. The van der Waals surface area contributed by atoms with Gasteiger partial charge in [-0.3, -0.25) is 4.68 Å². The van der Waals surface area contributed by atoms with Crippen molar-refractivity contribution >= 4 is 27.5 Å². The summed E-state index contributed by atoms with van der Waals surface area (Å²) < 4.78 is 8.69. The summed E-state index contributed by atoms with van der Waals surface area (Å²) in [6.07, 6.45) is 0. The monoisotopic (exact) mass is 357 g/mol. The summed E-state index contributed by atoms with van der Waals surface area (Å²) >= 11 is 9.72. The number of ether oxygens (including phenoxy) is 1. The summed E-state index contributed by atoms with van der Waals surface area (Å²) in [7, 11) is 0. The first kappa shape index (κ1) is 15.4. The van der Waals surface area contributed by atoms with Crippen LogP contribution in [0.1, 0.15) is 23.9 Å². The van der Waals surface area contributed by atoms with Gasteiger partial charge in [0, 0.05) is 13.1 Å². The highest BCUT2D eigenvalue weighted by atomic mass is 79.9. The molecule has 20 heavy (non-hydrogen) atoms. The molecule has 0 aliphatic rings. The van der Waals surface area contributed by atoms with Crippen molar-refractivity contribution in [2.75, 3.05) is 0 Å². The molecule has 0 fully saturated rings. The van der Waals surface area contributed by atoms with Gasteiger partial charge in [-0.1, -0.05) is 17.7 Å². The van der Waals surface area contributed by atoms with Crippen LogP contribution in [-0.2, 0) is 19.7 Å². The summed E-state index contributed by atoms with van der Waals surface area (Å²) in [6.45, 7) is 5.68. The Morgan fingerprint density at radius 3 is 2.80 bits per heavy atom. The largest absolute Gasteiger partial charge is 0.486 e. The second-order valence-corrected chi connectivity index (χ2v) is 5.62. The fourth-order valence-corrected chi connectivity index (χ4v) is 2.60. The highest BCUT2D eigenvalue weighted by Crippen LogP contribution is 2.28. The molecule has 0 radical (unpaired) electrons. The first-order valence-electron chi connectivity index (χ1n) is 6.39. The fourth-order valence-electron chi connectivity index (χ4n) is 1.94. The lowest BCUT2D eigenvalue weighted by Crippen LogP contribution is -2.07. The molecule has 1 heterocycles. The number of nitrogens with two attached hydrogens (primary N) is 1. The molecule has 0 spiro atoms. The third-order valence-corrected chi connectivity index (χ3v) is 4.38. The van der Waals surface area contributed by atoms with Crippen molar-refractivity contribution in [2.45, 2.75) is 33.5 Å². The molecule has 2 N–H and O–H groups in total. The van der Waals surface area contributed by atoms with E-state index in [2.05, 4.69) is 21.0 Å². The Labute approximate surface area is 132 Å². The standard InChI is InChI=1S/C14H17BrClN3O/c1-3-19-12(14(15)9(2)18-19)8-20-13-5-4-10(7-17)6-11(13)16/h4-6H,3,7-8,17H2,1-2H3. The third kappa shape index (κ3) is 3.16. The second-order valence-electron chi connectivity index (χ2n) is 4.42. The molecular formula is C14H17BrClN3O. The number of hydrogen-bond donors (Lipinski definition) is 1. The molecule has 0 amide bonds. The van der Waals surface area contributed by atoms with Crippen LogP contribution in [0.3, 0.4) is 0 Å². The zero-order valence-corrected chi connectivity index (χ0v) is 13.8. The van der Waals surface area contributed by atoms with E-state index in [0.717, 1.165) is 28.0 Å². The van der Waals surface area contributed by atoms with Crippen molar-refractivity contribution in [2.24, 2.45) is 5.73 Å². The Kier molecular flexibility index (Phi) is 5.07. The Morgan fingerprint density at radius 1 is 1.45 bits per heavy atom. The maximum Gasteiger partial charge on any atom is 0.138 e. The Hall–Kier alpha value is -1.04. The number of aryl methyl sites for hydroxylation is 2. The Bertz CT molecular complexity index is 613. The van der Waals surface area contributed by atoms with E-state index in [0.29, 0.717) is 23.9 Å². The first-order chi connectivity index (χ1) is 9.56. The zero-order valence-electron chi connectivity index (χ0n) is 11.5. The van der Waals surface area contributed by atoms with Crippen LogP contribution in [0.15, 0.2) is 22.7 Å². The van der Waals surface area contributed by atoms with Gasteiger partial charge >= 0.3 is 0 Å². The van der Waals surface area contributed by atoms with Gasteiger partial charge in [0.25, 0.3) is 0 Å². The maximum atomic E-state index is 6.18. The van der Waals surface area contributed by atoms with Crippen LogP contribution >= 0.6 is 27.5 Å². The number of aromatic nitrogens is 2. The van der Waals surface area contributed by atoms with Crippen molar-refractivity contribution in [3.05, 3.63) is 44.6 Å². The van der Waals surface area contributed by atoms with E-state index in [4.69, 9.17) is 22.1 Å². The summed E-state index contributed by atoms with van der Waals surface area (Å²) in [4.78, 5) is 0. The minimum atomic E-state index is 0.414. The number of hydrogen-bond acceptors (Lipinski definition) is 3. The van der Waals surface area contributed by atoms with Gasteiger partial charge < -0.3 is 10.5 Å². The highest BCUT2D eigenvalue weighted by molar-refractivity contribution is 9.10. The van der Waals surface area contributed by atoms with Crippen LogP contribution in [0.4, 0.5) is 0 Å². The molecule has 1 aromatic heterocycles. The summed E-state index contributed by atoms with van der Waals surface area (Å²) in [5, 5.41) is 5.00. The minimum Gasteiger partial charge on any atom is -0.486 e. The van der Waals surface area contributed by atoms with Gasteiger partial charge in [-0.25, -0.2) is 0 Å². The lowest BCUT2D eigenvalue weighted by Gasteiger charge is -2.10. The van der Waals surface area contributed by atoms with E-state index in [9.17, 15) is 0 Å². The van der Waals surface area contributed by atoms with Crippen LogP contribution in [0.25, 0.3) is 0 Å². The molecular weight excluding hydrogens is 342 g/mol. The van der Waals surface area contributed by atoms with Crippen LogP contribution in [0, 0.1) is 6.92 Å². The lowest BCUT2D eigenvalue weighted by atomic mass is 10.2. The Morgan fingerprint density at radius 2 is 2.20 bits per heavy atom. The van der Waals surface area contributed by atoms with Crippen molar-refractivity contribution in [1.82, 2.24) is 9.78 Å². The van der Waals surface area contributed by atoms with Crippen molar-refractivity contribution in [3.63, 3.8) is 0 Å². The minimum absolute atomic E-state index is 0.414. The molecule has 2 rings (SSSR count). The highest BCUT2D eigenvalue weighted by Gasteiger charge is 2.13. The molecule has 4 nitrogen and oxygen atoms in total. The molecule has 0 unspecified atom stereocenters. The molecule has 1 aromatic carbocycles. The summed E-state index contributed by atoms with van der Waals surface area (Å²) in [5.41, 5.74) is 8.52. The number of nitrogens with zero attached hydrogens (tertiary/aromatic N) is 2. The normalized spacial score (nSPS) is 10.8. The van der Waals surface area contributed by atoms with Gasteiger partial charge in [-0.2, -0.15) is 5.10 Å². The SMILES string of the molecule is CCn1nc(C)c(Br)c1COc1ccc(CN)cc1Cl. The van der Waals surface area contributed by atoms with E-state index in [-0.39, 0.29) is 0 Å². The van der Waals surface area contributed by atoms with Crippen LogP contribution in [-0.4, -0.2) is 9.78 Å². The van der Waals surface area contributed by atoms with Gasteiger partial charge in [0.05, 0.1) is 20.9 Å². The second kappa shape index (κ2) is 6.61. The third-order valence-electron chi connectivity index (χ3n) is 3.05. The van der Waals surface area contributed by atoms with Crippen LogP contribution in [0.2, 0.25) is 5.02 Å². The van der Waals surface area contributed by atoms with Crippen molar-refractivity contribution < 1.29 is 4.74 Å². The van der Waals surface area contributed by atoms with E-state index in [1.54, 1.807) is 0 Å². The Balaban J connectivity index is 2.17. The first-order valence-corrected chi connectivity index (χ1v) is 7.57. The summed E-state index contributed by atoms with van der Waals surface area (Å²) in [6, 6.07) is 5.59. The maximum absolute atomic E-state index is 6.18. The number of rotatable bonds is 5. The molecule has 108 valence electrons. The van der Waals surface area contributed by atoms with E-state index < -0.39 is 0 Å². The lowest BCUT2D eigenvalue weighted by molar-refractivity contribution is 0.292. The van der Waals surface area contributed by atoms with Crippen LogP contribution < -0.4 is 10.5 Å². The molecule has 0 atom stereocenters. The van der Waals surface area contributed by atoms with Gasteiger partial charge in [0.2, 0.25) is 0 Å². The average Bonchev–Trinajstić information content (AvgIpc) is 2.73. The topological polar surface area (TPSA) is 53.1 Å². The molecule has 0 aliphatic carbocycles.